The first-order valence-electron chi connectivity index (χ1n) is 5.66. The van der Waals surface area contributed by atoms with Crippen LogP contribution >= 0.6 is 11.6 Å². The zero-order valence-corrected chi connectivity index (χ0v) is 9.88. The predicted molar refractivity (Wildman–Crippen MR) is 61.0 cm³/mol. The molecule has 0 amide bonds. The summed E-state index contributed by atoms with van der Waals surface area (Å²) in [5.74, 6) is 0.772. The lowest BCUT2D eigenvalue weighted by Gasteiger charge is -2.29. The van der Waals surface area contributed by atoms with E-state index >= 15 is 0 Å². The van der Waals surface area contributed by atoms with Gasteiger partial charge in [-0.2, -0.15) is 5.26 Å². The summed E-state index contributed by atoms with van der Waals surface area (Å²) in [6.07, 6.45) is 4.55. The topological polar surface area (TPSA) is 36.3 Å². The number of ether oxygens (including phenoxy) is 1. The fourth-order valence-electron chi connectivity index (χ4n) is 1.77. The van der Waals surface area contributed by atoms with Crippen LogP contribution in [-0.4, -0.2) is 43.1 Å². The number of alkyl halides is 1. The molecule has 4 heteroatoms. The molecule has 0 aromatic heterocycles. The third-order valence-corrected chi connectivity index (χ3v) is 2.92. The molecule has 0 aromatic carbocycles. The minimum atomic E-state index is -0.221. The highest BCUT2D eigenvalue weighted by Gasteiger charge is 2.18. The van der Waals surface area contributed by atoms with Gasteiger partial charge in [0.1, 0.15) is 0 Å². The Hall–Kier alpha value is -0.300. The number of nitrogens with zero attached hydrogens (tertiary/aromatic N) is 2. The van der Waals surface area contributed by atoms with Crippen molar-refractivity contribution in [1.29, 1.82) is 5.26 Å². The van der Waals surface area contributed by atoms with Gasteiger partial charge in [-0.25, -0.2) is 0 Å². The van der Waals surface area contributed by atoms with Gasteiger partial charge in [-0.05, 0) is 19.4 Å². The largest absolute Gasteiger partial charge is 0.361 e. The Morgan fingerprint density at radius 1 is 1.33 bits per heavy atom. The summed E-state index contributed by atoms with van der Waals surface area (Å²) >= 11 is 5.60. The highest BCUT2D eigenvalue weighted by molar-refractivity contribution is 6.17. The van der Waals surface area contributed by atoms with E-state index in [2.05, 4.69) is 11.0 Å². The molecule has 1 heterocycles. The van der Waals surface area contributed by atoms with Crippen LogP contribution in [0.3, 0.4) is 0 Å². The van der Waals surface area contributed by atoms with E-state index in [1.54, 1.807) is 0 Å². The summed E-state index contributed by atoms with van der Waals surface area (Å²) in [6.45, 7) is 3.52. The Morgan fingerprint density at radius 2 is 2.13 bits per heavy atom. The maximum atomic E-state index is 8.73. The monoisotopic (exact) mass is 230 g/mol. The highest BCUT2D eigenvalue weighted by atomic mass is 35.5. The van der Waals surface area contributed by atoms with Crippen molar-refractivity contribution in [3.63, 3.8) is 0 Å². The van der Waals surface area contributed by atoms with E-state index in [4.69, 9.17) is 21.6 Å². The number of nitriles is 1. The van der Waals surface area contributed by atoms with Crippen LogP contribution in [0.1, 0.15) is 25.7 Å². The summed E-state index contributed by atoms with van der Waals surface area (Å²) < 4.78 is 5.28. The molecule has 0 radical (unpaired) electrons. The number of unbranched alkanes of at least 4 members (excludes halogenated alkanes) is 3. The Bertz CT molecular complexity index is 205. The summed E-state index contributed by atoms with van der Waals surface area (Å²) in [5.41, 5.74) is 0. The minimum Gasteiger partial charge on any atom is -0.361 e. The van der Waals surface area contributed by atoms with Crippen molar-refractivity contribution in [1.82, 2.24) is 4.90 Å². The molecule has 1 rings (SSSR count). The lowest BCUT2D eigenvalue weighted by Crippen LogP contribution is -2.42. The number of hydrogen-bond donors (Lipinski definition) is 0. The molecule has 1 saturated heterocycles. The van der Waals surface area contributed by atoms with Crippen molar-refractivity contribution in [3.8, 4) is 6.07 Å². The highest BCUT2D eigenvalue weighted by Crippen LogP contribution is 2.07. The van der Waals surface area contributed by atoms with E-state index in [1.807, 2.05) is 0 Å². The molecule has 86 valence electrons. The molecule has 15 heavy (non-hydrogen) atoms. The second-order valence-corrected chi connectivity index (χ2v) is 4.27. The van der Waals surface area contributed by atoms with Gasteiger partial charge in [0, 0.05) is 19.0 Å². The molecule has 1 aliphatic heterocycles. The van der Waals surface area contributed by atoms with Crippen LogP contribution in [0, 0.1) is 11.3 Å². The maximum absolute atomic E-state index is 8.73. The van der Waals surface area contributed by atoms with Crippen LogP contribution < -0.4 is 0 Å². The van der Waals surface area contributed by atoms with E-state index in [1.165, 1.54) is 19.3 Å². The Morgan fingerprint density at radius 3 is 2.87 bits per heavy atom. The molecule has 0 aromatic rings. The molecule has 0 aliphatic carbocycles. The van der Waals surface area contributed by atoms with Gasteiger partial charge in [0.15, 0.2) is 6.10 Å². The normalized spacial score (nSPS) is 22.5. The fourth-order valence-corrected chi connectivity index (χ4v) is 1.96. The van der Waals surface area contributed by atoms with Crippen molar-refractivity contribution in [2.24, 2.45) is 0 Å². The Labute approximate surface area is 97.0 Å². The SMILES string of the molecule is N#CC1CN(CCCCCCCl)CCO1. The van der Waals surface area contributed by atoms with Crippen molar-refractivity contribution < 1.29 is 4.74 Å². The van der Waals surface area contributed by atoms with Crippen molar-refractivity contribution in [2.45, 2.75) is 31.8 Å². The summed E-state index contributed by atoms with van der Waals surface area (Å²) in [5, 5.41) is 8.73. The van der Waals surface area contributed by atoms with E-state index in [9.17, 15) is 0 Å². The van der Waals surface area contributed by atoms with Gasteiger partial charge in [0.25, 0.3) is 0 Å². The third-order valence-electron chi connectivity index (χ3n) is 2.65. The van der Waals surface area contributed by atoms with Gasteiger partial charge >= 0.3 is 0 Å². The van der Waals surface area contributed by atoms with Crippen LogP contribution in [0.5, 0.6) is 0 Å². The van der Waals surface area contributed by atoms with E-state index in [0.717, 1.165) is 31.9 Å². The van der Waals surface area contributed by atoms with Crippen molar-refractivity contribution >= 4 is 11.6 Å². The maximum Gasteiger partial charge on any atom is 0.156 e. The Kier molecular flexibility index (Phi) is 6.74. The van der Waals surface area contributed by atoms with E-state index in [0.29, 0.717) is 6.61 Å². The van der Waals surface area contributed by atoms with Crippen LogP contribution in [-0.2, 0) is 4.74 Å². The average Bonchev–Trinajstić information content (AvgIpc) is 2.29. The van der Waals surface area contributed by atoms with Crippen molar-refractivity contribution in [2.75, 3.05) is 32.1 Å². The molecule has 0 saturated carbocycles. The number of hydrogen-bond acceptors (Lipinski definition) is 3. The van der Waals surface area contributed by atoms with Gasteiger partial charge in [-0.15, -0.1) is 11.6 Å². The zero-order valence-electron chi connectivity index (χ0n) is 9.12. The second-order valence-electron chi connectivity index (χ2n) is 3.89. The number of halogens is 1. The van der Waals surface area contributed by atoms with Crippen LogP contribution in [0.2, 0.25) is 0 Å². The molecule has 0 bridgehead atoms. The standard InChI is InChI=1S/C11H19ClN2O/c12-5-3-1-2-4-6-14-7-8-15-11(9-13)10-14/h11H,1-8,10H2. The lowest BCUT2D eigenvalue weighted by molar-refractivity contribution is 0.0000451. The summed E-state index contributed by atoms with van der Waals surface area (Å²) in [6, 6.07) is 2.16. The fraction of sp³-hybridized carbons (Fsp3) is 0.909. The summed E-state index contributed by atoms with van der Waals surface area (Å²) in [4.78, 5) is 2.32. The average molecular weight is 231 g/mol. The molecule has 0 spiro atoms. The van der Waals surface area contributed by atoms with Gasteiger partial charge < -0.3 is 4.74 Å². The first-order valence-corrected chi connectivity index (χ1v) is 6.20. The number of rotatable bonds is 6. The predicted octanol–water partition coefficient (Wildman–Crippen LogP) is 2.01. The first-order chi connectivity index (χ1) is 7.36. The Balaban J connectivity index is 2.03. The quantitative estimate of drug-likeness (QED) is 0.517. The minimum absolute atomic E-state index is 0.221. The third kappa shape index (κ3) is 5.36. The molecule has 0 N–H and O–H groups in total. The van der Waals surface area contributed by atoms with Crippen molar-refractivity contribution in [3.05, 3.63) is 0 Å². The smallest absolute Gasteiger partial charge is 0.156 e. The lowest BCUT2D eigenvalue weighted by atomic mass is 10.2. The van der Waals surface area contributed by atoms with Gasteiger partial charge in [0.05, 0.1) is 12.7 Å². The molecular formula is C11H19ClN2O. The molecule has 1 fully saturated rings. The van der Waals surface area contributed by atoms with Gasteiger partial charge in [0.2, 0.25) is 0 Å². The zero-order chi connectivity index (χ0) is 10.9. The van der Waals surface area contributed by atoms with Gasteiger partial charge in [-0.3, -0.25) is 4.90 Å². The van der Waals surface area contributed by atoms with Gasteiger partial charge in [-0.1, -0.05) is 12.8 Å². The van der Waals surface area contributed by atoms with E-state index < -0.39 is 0 Å². The molecule has 1 atom stereocenters. The van der Waals surface area contributed by atoms with Crippen LogP contribution in [0.25, 0.3) is 0 Å². The summed E-state index contributed by atoms with van der Waals surface area (Å²) in [7, 11) is 0. The van der Waals surface area contributed by atoms with Crippen LogP contribution in [0.15, 0.2) is 0 Å². The van der Waals surface area contributed by atoms with Crippen LogP contribution in [0.4, 0.5) is 0 Å². The first kappa shape index (κ1) is 12.8. The molecule has 1 aliphatic rings. The number of morpholine rings is 1. The molecule has 1 unspecified atom stereocenters. The van der Waals surface area contributed by atoms with E-state index in [-0.39, 0.29) is 6.10 Å². The molecule has 3 nitrogen and oxygen atoms in total. The second kappa shape index (κ2) is 7.92. The molecular weight excluding hydrogens is 212 g/mol.